The quantitative estimate of drug-likeness (QED) is 0.144. The van der Waals surface area contributed by atoms with Crippen molar-refractivity contribution in [3.05, 3.63) is 0 Å². The first-order valence-corrected chi connectivity index (χ1v) is 1.03. The Morgan fingerprint density at radius 1 is 1.67 bits per heavy atom. The monoisotopic (exact) mass is 99.0 g/mol. The number of carbonyl (C=O) groups is 1. The zero-order chi connectivity index (χ0) is 4.28. The largest absolute Gasteiger partial charge is 2.00 e. The first kappa shape index (κ1) is 9.37. The van der Waals surface area contributed by atoms with Gasteiger partial charge in [-0.1, -0.05) is 0 Å². The fourth-order valence-corrected chi connectivity index (χ4v) is 0. The number of nitrogens with two attached hydrogens (primary N) is 2. The van der Waals surface area contributed by atoms with E-state index in [4.69, 9.17) is 0 Å². The molecule has 0 aromatic carbocycles. The molecule has 0 heterocycles. The summed E-state index contributed by atoms with van der Waals surface area (Å²) in [6.07, 6.45) is 0. The number of hydrogen-bond donors (Lipinski definition) is 3. The molecule has 0 spiro atoms. The SMILES string of the molecule is NNC(N)=O.[Mg+2]. The molecule has 0 aliphatic heterocycles. The number of carbonyl (C=O) groups excluding carboxylic acids is 1. The first-order valence-electron chi connectivity index (χ1n) is 1.03. The van der Waals surface area contributed by atoms with E-state index in [-0.39, 0.29) is 23.1 Å². The third-order valence-corrected chi connectivity index (χ3v) is 0.142. The standard InChI is InChI=1S/CH5N3O.Mg/c2-1(5)4-3;/h3H2,(H3,2,4,5);/q;+2. The molecule has 0 aliphatic rings. The van der Waals surface area contributed by atoms with E-state index in [1.807, 2.05) is 0 Å². The molecule has 0 radical (unpaired) electrons. The summed E-state index contributed by atoms with van der Waals surface area (Å²) in [5.74, 6) is 4.45. The van der Waals surface area contributed by atoms with E-state index in [0.717, 1.165) is 0 Å². The van der Waals surface area contributed by atoms with Gasteiger partial charge >= 0.3 is 29.1 Å². The van der Waals surface area contributed by atoms with Crippen LogP contribution in [0, 0.1) is 0 Å². The number of primary amides is 1. The molecule has 0 atom stereocenters. The van der Waals surface area contributed by atoms with Gasteiger partial charge in [-0.05, 0) is 0 Å². The van der Waals surface area contributed by atoms with Crippen molar-refractivity contribution in [2.75, 3.05) is 0 Å². The summed E-state index contributed by atoms with van der Waals surface area (Å²) in [4.78, 5) is 9.35. The summed E-state index contributed by atoms with van der Waals surface area (Å²) < 4.78 is 0. The van der Waals surface area contributed by atoms with Crippen LogP contribution in [-0.2, 0) is 0 Å². The smallest absolute Gasteiger partial charge is 0.351 e. The Labute approximate surface area is 51.4 Å². The maximum atomic E-state index is 9.35. The molecule has 0 unspecified atom stereocenters. The van der Waals surface area contributed by atoms with Gasteiger partial charge in [-0.3, -0.25) is 5.43 Å². The van der Waals surface area contributed by atoms with Crippen LogP contribution in [0.3, 0.4) is 0 Å². The van der Waals surface area contributed by atoms with Crippen LogP contribution in [0.25, 0.3) is 0 Å². The van der Waals surface area contributed by atoms with Crippen LogP contribution < -0.4 is 17.0 Å². The Kier molecular flexibility index (Phi) is 7.80. The molecule has 0 rings (SSSR count). The van der Waals surface area contributed by atoms with Crippen LogP contribution in [0.2, 0.25) is 0 Å². The second-order valence-electron chi connectivity index (χ2n) is 0.509. The van der Waals surface area contributed by atoms with Gasteiger partial charge in [0.05, 0.1) is 0 Å². The van der Waals surface area contributed by atoms with Crippen LogP contribution in [0.5, 0.6) is 0 Å². The Morgan fingerprint density at radius 2 is 1.83 bits per heavy atom. The molecule has 0 saturated heterocycles. The predicted molar refractivity (Wildman–Crippen MR) is 22.7 cm³/mol. The number of urea groups is 1. The van der Waals surface area contributed by atoms with E-state index in [0.29, 0.717) is 0 Å². The third kappa shape index (κ3) is 9.00. The molecule has 0 bridgehead atoms. The van der Waals surface area contributed by atoms with Gasteiger partial charge in [-0.25, -0.2) is 10.6 Å². The van der Waals surface area contributed by atoms with E-state index in [2.05, 4.69) is 11.6 Å². The van der Waals surface area contributed by atoms with Gasteiger partial charge in [-0.15, -0.1) is 0 Å². The van der Waals surface area contributed by atoms with Crippen LogP contribution >= 0.6 is 0 Å². The molecule has 4 nitrogen and oxygen atoms in total. The van der Waals surface area contributed by atoms with Crippen molar-refractivity contribution < 1.29 is 4.79 Å². The second kappa shape index (κ2) is 5.00. The van der Waals surface area contributed by atoms with E-state index in [1.165, 1.54) is 0 Å². The topological polar surface area (TPSA) is 81.1 Å². The fourth-order valence-electron chi connectivity index (χ4n) is 0. The van der Waals surface area contributed by atoms with Gasteiger partial charge in [0.25, 0.3) is 0 Å². The maximum Gasteiger partial charge on any atom is 2.00 e. The van der Waals surface area contributed by atoms with Crippen LogP contribution in [-0.4, -0.2) is 29.1 Å². The summed E-state index contributed by atoms with van der Waals surface area (Å²) >= 11 is 0. The van der Waals surface area contributed by atoms with Gasteiger partial charge in [0, 0.05) is 0 Å². The minimum atomic E-state index is -0.718. The van der Waals surface area contributed by atoms with Crippen LogP contribution in [0.4, 0.5) is 4.79 Å². The van der Waals surface area contributed by atoms with Crippen molar-refractivity contribution >= 4 is 29.1 Å². The molecular weight excluding hydrogens is 94.3 g/mol. The van der Waals surface area contributed by atoms with Gasteiger partial charge in [0.15, 0.2) is 0 Å². The fraction of sp³-hybridized carbons (Fsp3) is 0. The van der Waals surface area contributed by atoms with Crippen molar-refractivity contribution in [3.8, 4) is 0 Å². The van der Waals surface area contributed by atoms with E-state index in [1.54, 1.807) is 5.43 Å². The minimum absolute atomic E-state index is 0. The molecular formula is CH5MgN3O+2. The average molecular weight is 99.4 g/mol. The van der Waals surface area contributed by atoms with E-state index in [9.17, 15) is 4.79 Å². The molecule has 0 aromatic rings. The Balaban J connectivity index is 0. The van der Waals surface area contributed by atoms with Crippen molar-refractivity contribution in [3.63, 3.8) is 0 Å². The molecule has 5 N–H and O–H groups in total. The van der Waals surface area contributed by atoms with Crippen LogP contribution in [0.15, 0.2) is 0 Å². The molecule has 0 aromatic heterocycles. The summed E-state index contributed by atoms with van der Waals surface area (Å²) in [6, 6.07) is -0.718. The molecule has 2 amide bonds. The van der Waals surface area contributed by atoms with Gasteiger partial charge < -0.3 is 5.73 Å². The first-order chi connectivity index (χ1) is 2.27. The number of hydrogen-bond acceptors (Lipinski definition) is 2. The van der Waals surface area contributed by atoms with Gasteiger partial charge in [0.1, 0.15) is 0 Å². The summed E-state index contributed by atoms with van der Waals surface area (Å²) in [7, 11) is 0. The summed E-state index contributed by atoms with van der Waals surface area (Å²) in [5.41, 5.74) is 6.08. The minimum Gasteiger partial charge on any atom is -0.351 e. The van der Waals surface area contributed by atoms with Crippen molar-refractivity contribution in [2.45, 2.75) is 0 Å². The zero-order valence-electron chi connectivity index (χ0n) is 3.27. The molecule has 5 heteroatoms. The molecule has 30 valence electrons. The van der Waals surface area contributed by atoms with Crippen molar-refractivity contribution in [1.29, 1.82) is 0 Å². The molecule has 0 aliphatic carbocycles. The summed E-state index contributed by atoms with van der Waals surface area (Å²) in [6.45, 7) is 0. The molecule has 0 fully saturated rings. The Morgan fingerprint density at radius 3 is 1.83 bits per heavy atom. The number of hydrazine groups is 1. The predicted octanol–water partition coefficient (Wildman–Crippen LogP) is -1.85. The van der Waals surface area contributed by atoms with Crippen molar-refractivity contribution in [2.24, 2.45) is 11.6 Å². The van der Waals surface area contributed by atoms with E-state index >= 15 is 0 Å². The van der Waals surface area contributed by atoms with Gasteiger partial charge in [0.2, 0.25) is 0 Å². The van der Waals surface area contributed by atoms with Crippen LogP contribution in [0.1, 0.15) is 0 Å². The molecule has 0 saturated carbocycles. The van der Waals surface area contributed by atoms with Gasteiger partial charge in [-0.2, -0.15) is 0 Å². The van der Waals surface area contributed by atoms with E-state index < -0.39 is 6.03 Å². The zero-order valence-corrected chi connectivity index (χ0v) is 4.68. The third-order valence-electron chi connectivity index (χ3n) is 0.142. The number of rotatable bonds is 0. The average Bonchev–Trinajstić information content (AvgIpc) is 1.38. The maximum absolute atomic E-state index is 9.35. The number of amides is 2. The summed E-state index contributed by atoms with van der Waals surface area (Å²) in [5, 5.41) is 0. The molecule has 6 heavy (non-hydrogen) atoms. The normalized spacial score (nSPS) is 5.50. The second-order valence-corrected chi connectivity index (χ2v) is 0.509. The number of nitrogens with one attached hydrogen (secondary N) is 1. The van der Waals surface area contributed by atoms with Crippen molar-refractivity contribution in [1.82, 2.24) is 5.43 Å². The Bertz CT molecular complexity index is 46.1. The Hall–Kier alpha value is -0.00377.